The Balaban J connectivity index is 2.19. The molecule has 2 rings (SSSR count). The van der Waals surface area contributed by atoms with E-state index in [9.17, 15) is 9.59 Å². The molecular weight excluding hydrogens is 284 g/mol. The number of carboxylic acids is 1. The summed E-state index contributed by atoms with van der Waals surface area (Å²) in [7, 11) is 0. The van der Waals surface area contributed by atoms with Gasteiger partial charge in [0.25, 0.3) is 0 Å². The molecule has 1 amide bonds. The first-order valence-electron chi connectivity index (χ1n) is 6.92. The van der Waals surface area contributed by atoms with Gasteiger partial charge in [-0.15, -0.1) is 5.10 Å². The second-order valence-corrected chi connectivity index (χ2v) is 5.09. The summed E-state index contributed by atoms with van der Waals surface area (Å²) in [6.45, 7) is 6.31. The summed E-state index contributed by atoms with van der Waals surface area (Å²) in [5, 5.41) is 16.0. The fourth-order valence-corrected chi connectivity index (χ4v) is 2.31. The molecule has 0 spiro atoms. The van der Waals surface area contributed by atoms with Gasteiger partial charge in [-0.3, -0.25) is 4.79 Å². The molecule has 2 aromatic rings. The van der Waals surface area contributed by atoms with Gasteiger partial charge in [-0.1, -0.05) is 11.3 Å². The average molecular weight is 302 g/mol. The van der Waals surface area contributed by atoms with Crippen LogP contribution in [0.2, 0.25) is 0 Å². The molecule has 0 atom stereocenters. The molecule has 0 aliphatic heterocycles. The third kappa shape index (κ3) is 3.49. The minimum Gasteiger partial charge on any atom is -0.476 e. The van der Waals surface area contributed by atoms with Crippen molar-refractivity contribution in [3.63, 3.8) is 0 Å². The first-order chi connectivity index (χ1) is 10.4. The molecule has 7 heteroatoms. The molecule has 0 unspecified atom stereocenters. The standard InChI is InChI=1S/C15H18N4O3/c1-4-19(12-6-10(2)5-11(3)7-12)14(20)9-18-8-13(15(21)22)16-17-18/h5-8H,4,9H2,1-3H3,(H,21,22). The lowest BCUT2D eigenvalue weighted by Crippen LogP contribution is -2.34. The summed E-state index contributed by atoms with van der Waals surface area (Å²) in [6.07, 6.45) is 1.25. The minimum atomic E-state index is -1.17. The van der Waals surface area contributed by atoms with Gasteiger partial charge in [0.2, 0.25) is 5.91 Å². The Morgan fingerprint density at radius 1 is 1.23 bits per heavy atom. The number of aromatic carboxylic acids is 1. The highest BCUT2D eigenvalue weighted by atomic mass is 16.4. The van der Waals surface area contributed by atoms with E-state index in [1.165, 1.54) is 10.9 Å². The van der Waals surface area contributed by atoms with E-state index in [-0.39, 0.29) is 18.1 Å². The molecule has 0 bridgehead atoms. The number of hydrogen-bond acceptors (Lipinski definition) is 4. The number of carboxylic acid groups (broad SMARTS) is 1. The van der Waals surface area contributed by atoms with Crippen molar-refractivity contribution < 1.29 is 14.7 Å². The van der Waals surface area contributed by atoms with E-state index in [0.717, 1.165) is 16.8 Å². The van der Waals surface area contributed by atoms with E-state index in [1.807, 2.05) is 39.0 Å². The second-order valence-electron chi connectivity index (χ2n) is 5.09. The smallest absolute Gasteiger partial charge is 0.358 e. The van der Waals surface area contributed by atoms with E-state index in [4.69, 9.17) is 5.11 Å². The molecule has 0 aliphatic rings. The molecule has 116 valence electrons. The van der Waals surface area contributed by atoms with Crippen LogP contribution in [0, 0.1) is 13.8 Å². The highest BCUT2D eigenvalue weighted by Crippen LogP contribution is 2.19. The number of benzene rings is 1. The van der Waals surface area contributed by atoms with Crippen LogP contribution in [0.1, 0.15) is 28.5 Å². The normalized spacial score (nSPS) is 10.5. The molecule has 7 nitrogen and oxygen atoms in total. The maximum Gasteiger partial charge on any atom is 0.358 e. The summed E-state index contributed by atoms with van der Waals surface area (Å²) in [5.74, 6) is -1.34. The largest absolute Gasteiger partial charge is 0.476 e. The summed E-state index contributed by atoms with van der Waals surface area (Å²) >= 11 is 0. The number of nitrogens with zero attached hydrogens (tertiary/aromatic N) is 4. The van der Waals surface area contributed by atoms with Gasteiger partial charge >= 0.3 is 5.97 Å². The zero-order chi connectivity index (χ0) is 16.3. The minimum absolute atomic E-state index is 0.0545. The number of carbonyl (C=O) groups excluding carboxylic acids is 1. The van der Waals surface area contributed by atoms with E-state index < -0.39 is 5.97 Å². The zero-order valence-electron chi connectivity index (χ0n) is 12.8. The Morgan fingerprint density at radius 2 is 1.86 bits per heavy atom. The highest BCUT2D eigenvalue weighted by Gasteiger charge is 2.17. The molecule has 22 heavy (non-hydrogen) atoms. The van der Waals surface area contributed by atoms with Crippen molar-refractivity contribution in [2.45, 2.75) is 27.3 Å². The lowest BCUT2D eigenvalue weighted by molar-refractivity contribution is -0.119. The predicted molar refractivity (Wildman–Crippen MR) is 80.9 cm³/mol. The van der Waals surface area contributed by atoms with Crippen LogP contribution in [0.5, 0.6) is 0 Å². The topological polar surface area (TPSA) is 88.3 Å². The van der Waals surface area contributed by atoms with Crippen LogP contribution in [0.15, 0.2) is 24.4 Å². The second kappa shape index (κ2) is 6.38. The van der Waals surface area contributed by atoms with Gasteiger partial charge in [0, 0.05) is 12.2 Å². The third-order valence-corrected chi connectivity index (χ3v) is 3.19. The van der Waals surface area contributed by atoms with Crippen LogP contribution < -0.4 is 4.90 Å². The van der Waals surface area contributed by atoms with Crippen LogP contribution in [0.25, 0.3) is 0 Å². The summed E-state index contributed by atoms with van der Waals surface area (Å²) in [4.78, 5) is 24.9. The van der Waals surface area contributed by atoms with Crippen molar-refractivity contribution in [3.05, 3.63) is 41.2 Å². The maximum atomic E-state index is 12.4. The van der Waals surface area contributed by atoms with Gasteiger partial charge in [-0.05, 0) is 44.0 Å². The third-order valence-electron chi connectivity index (χ3n) is 3.19. The Bertz CT molecular complexity index is 688. The van der Waals surface area contributed by atoms with Crippen LogP contribution >= 0.6 is 0 Å². The lowest BCUT2D eigenvalue weighted by atomic mass is 10.1. The maximum absolute atomic E-state index is 12.4. The molecule has 1 N–H and O–H groups in total. The van der Waals surface area contributed by atoms with Gasteiger partial charge in [0.05, 0.1) is 6.20 Å². The van der Waals surface area contributed by atoms with E-state index in [0.29, 0.717) is 6.54 Å². The molecule has 0 aliphatic carbocycles. The number of likely N-dealkylation sites (N-methyl/N-ethyl adjacent to an activating group) is 1. The number of hydrogen-bond donors (Lipinski definition) is 1. The zero-order valence-corrected chi connectivity index (χ0v) is 12.8. The van der Waals surface area contributed by atoms with Crippen LogP contribution in [-0.2, 0) is 11.3 Å². The lowest BCUT2D eigenvalue weighted by Gasteiger charge is -2.22. The van der Waals surface area contributed by atoms with Gasteiger partial charge in [-0.2, -0.15) is 0 Å². The Morgan fingerprint density at radius 3 is 2.36 bits per heavy atom. The summed E-state index contributed by atoms with van der Waals surface area (Å²) in [5.41, 5.74) is 2.80. The summed E-state index contributed by atoms with van der Waals surface area (Å²) in [6, 6.07) is 5.93. The van der Waals surface area contributed by atoms with Gasteiger partial charge in [0.15, 0.2) is 5.69 Å². The van der Waals surface area contributed by atoms with Crippen molar-refractivity contribution in [3.8, 4) is 0 Å². The molecule has 0 saturated carbocycles. The Labute approximate surface area is 128 Å². The number of carbonyl (C=O) groups is 2. The van der Waals surface area contributed by atoms with E-state index in [2.05, 4.69) is 10.3 Å². The fourth-order valence-electron chi connectivity index (χ4n) is 2.31. The van der Waals surface area contributed by atoms with Gasteiger partial charge in [-0.25, -0.2) is 9.48 Å². The quantitative estimate of drug-likeness (QED) is 0.907. The van der Waals surface area contributed by atoms with Crippen molar-refractivity contribution in [1.82, 2.24) is 15.0 Å². The first-order valence-corrected chi connectivity index (χ1v) is 6.92. The number of aromatic nitrogens is 3. The number of rotatable bonds is 5. The molecule has 1 heterocycles. The van der Waals surface area contributed by atoms with Crippen molar-refractivity contribution in [2.75, 3.05) is 11.4 Å². The molecule has 1 aromatic carbocycles. The monoisotopic (exact) mass is 302 g/mol. The predicted octanol–water partition coefficient (Wildman–Crippen LogP) is 1.65. The molecule has 0 radical (unpaired) electrons. The van der Waals surface area contributed by atoms with E-state index in [1.54, 1.807) is 4.90 Å². The number of aryl methyl sites for hydroxylation is 2. The Kier molecular flexibility index (Phi) is 4.55. The number of anilines is 1. The van der Waals surface area contributed by atoms with Crippen LogP contribution in [0.4, 0.5) is 5.69 Å². The van der Waals surface area contributed by atoms with Crippen LogP contribution in [-0.4, -0.2) is 38.5 Å². The number of amides is 1. The molecule has 0 saturated heterocycles. The highest BCUT2D eigenvalue weighted by molar-refractivity contribution is 5.93. The average Bonchev–Trinajstić information content (AvgIpc) is 2.87. The van der Waals surface area contributed by atoms with Crippen molar-refractivity contribution in [1.29, 1.82) is 0 Å². The van der Waals surface area contributed by atoms with E-state index >= 15 is 0 Å². The van der Waals surface area contributed by atoms with Gasteiger partial charge in [0.1, 0.15) is 6.54 Å². The van der Waals surface area contributed by atoms with Crippen LogP contribution in [0.3, 0.4) is 0 Å². The fraction of sp³-hybridized carbons (Fsp3) is 0.333. The summed E-state index contributed by atoms with van der Waals surface area (Å²) < 4.78 is 1.23. The molecule has 1 aromatic heterocycles. The van der Waals surface area contributed by atoms with Gasteiger partial charge < -0.3 is 10.0 Å². The SMILES string of the molecule is CCN(C(=O)Cn1cc(C(=O)O)nn1)c1cc(C)cc(C)c1. The molecule has 0 fully saturated rings. The van der Waals surface area contributed by atoms with Crippen molar-refractivity contribution in [2.24, 2.45) is 0 Å². The first kappa shape index (κ1) is 15.7. The Hall–Kier alpha value is -2.70. The molecular formula is C15H18N4O3. The van der Waals surface area contributed by atoms with Crippen molar-refractivity contribution >= 4 is 17.6 Å².